The third-order valence-corrected chi connectivity index (χ3v) is 5.48. The van der Waals surface area contributed by atoms with Gasteiger partial charge in [0.1, 0.15) is 11.8 Å². The van der Waals surface area contributed by atoms with Gasteiger partial charge in [-0.15, -0.1) is 0 Å². The normalized spacial score (nSPS) is 11.7. The molecule has 0 aliphatic heterocycles. The van der Waals surface area contributed by atoms with Gasteiger partial charge in [-0.1, -0.05) is 73.1 Å². The van der Waals surface area contributed by atoms with Gasteiger partial charge in [0, 0.05) is 23.5 Å². The molecule has 0 saturated carbocycles. The molecule has 5 nitrogen and oxygen atoms in total. The lowest BCUT2D eigenvalue weighted by atomic mass is 10.1. The molecular formula is C25H27ClN2O3. The predicted molar refractivity (Wildman–Crippen MR) is 124 cm³/mol. The first-order valence-electron chi connectivity index (χ1n) is 10.4. The van der Waals surface area contributed by atoms with Crippen LogP contribution in [0, 0.1) is 0 Å². The molecule has 0 aromatic heterocycles. The molecule has 0 aliphatic carbocycles. The van der Waals surface area contributed by atoms with Crippen molar-refractivity contribution in [3.63, 3.8) is 0 Å². The number of nitrogens with zero attached hydrogens (tertiary/aromatic N) is 1. The smallest absolute Gasteiger partial charge is 0.261 e. The van der Waals surface area contributed by atoms with Gasteiger partial charge in [0.25, 0.3) is 5.91 Å². The molecule has 3 rings (SSSR count). The molecular weight excluding hydrogens is 412 g/mol. The second kappa shape index (κ2) is 10.8. The monoisotopic (exact) mass is 438 g/mol. The lowest BCUT2D eigenvalue weighted by molar-refractivity contribution is -0.142. The van der Waals surface area contributed by atoms with E-state index < -0.39 is 6.04 Å². The van der Waals surface area contributed by atoms with Crippen molar-refractivity contribution in [3.05, 3.63) is 77.3 Å². The maximum absolute atomic E-state index is 13.2. The van der Waals surface area contributed by atoms with Crippen molar-refractivity contribution in [1.82, 2.24) is 10.2 Å². The average Bonchev–Trinajstić information content (AvgIpc) is 2.80. The summed E-state index contributed by atoms with van der Waals surface area (Å²) in [6.07, 6.45) is 0.821. The largest absolute Gasteiger partial charge is 0.483 e. The number of halogens is 1. The van der Waals surface area contributed by atoms with Crippen LogP contribution in [0.4, 0.5) is 0 Å². The zero-order chi connectivity index (χ0) is 22.2. The lowest BCUT2D eigenvalue weighted by Crippen LogP contribution is -2.49. The molecule has 0 aliphatic rings. The van der Waals surface area contributed by atoms with E-state index >= 15 is 0 Å². The number of nitrogens with one attached hydrogen (secondary N) is 1. The van der Waals surface area contributed by atoms with Gasteiger partial charge in [0.05, 0.1) is 0 Å². The highest BCUT2D eigenvalue weighted by Gasteiger charge is 2.27. The Morgan fingerprint density at radius 2 is 1.74 bits per heavy atom. The van der Waals surface area contributed by atoms with Crippen LogP contribution in [0.15, 0.2) is 66.7 Å². The van der Waals surface area contributed by atoms with Crippen molar-refractivity contribution in [3.8, 4) is 5.75 Å². The van der Waals surface area contributed by atoms with Crippen LogP contribution >= 0.6 is 11.6 Å². The number of ether oxygens (including phenoxy) is 1. The molecule has 0 bridgehead atoms. The van der Waals surface area contributed by atoms with Gasteiger partial charge in [-0.25, -0.2) is 0 Å². The number of benzene rings is 3. The average molecular weight is 439 g/mol. The van der Waals surface area contributed by atoms with Crippen molar-refractivity contribution in [2.45, 2.75) is 32.9 Å². The first kappa shape index (κ1) is 22.6. The number of amides is 2. The van der Waals surface area contributed by atoms with E-state index in [-0.39, 0.29) is 25.0 Å². The second-order valence-electron chi connectivity index (χ2n) is 7.35. The fourth-order valence-electron chi connectivity index (χ4n) is 3.33. The van der Waals surface area contributed by atoms with Crippen LogP contribution in [0.25, 0.3) is 10.8 Å². The molecule has 1 atom stereocenters. The highest BCUT2D eigenvalue weighted by Crippen LogP contribution is 2.25. The molecule has 0 fully saturated rings. The van der Waals surface area contributed by atoms with E-state index in [1.54, 1.807) is 13.0 Å². The Labute approximate surface area is 188 Å². The number of hydrogen-bond donors (Lipinski definition) is 1. The zero-order valence-corrected chi connectivity index (χ0v) is 18.6. The van der Waals surface area contributed by atoms with Crippen molar-refractivity contribution in [2.24, 2.45) is 0 Å². The Bertz CT molecular complexity index is 1050. The van der Waals surface area contributed by atoms with E-state index in [4.69, 9.17) is 16.3 Å². The predicted octanol–water partition coefficient (Wildman–Crippen LogP) is 4.82. The second-order valence-corrected chi connectivity index (χ2v) is 7.75. The van der Waals surface area contributed by atoms with Crippen LogP contribution in [0.3, 0.4) is 0 Å². The molecule has 0 unspecified atom stereocenters. The van der Waals surface area contributed by atoms with Gasteiger partial charge in [-0.05, 0) is 36.4 Å². The molecule has 0 heterocycles. The summed E-state index contributed by atoms with van der Waals surface area (Å²) in [6.45, 7) is 4.30. The van der Waals surface area contributed by atoms with Gasteiger partial charge >= 0.3 is 0 Å². The van der Waals surface area contributed by atoms with Crippen LogP contribution in [0.5, 0.6) is 5.75 Å². The Morgan fingerprint density at radius 1 is 1.03 bits per heavy atom. The van der Waals surface area contributed by atoms with Crippen LogP contribution in [-0.4, -0.2) is 35.9 Å². The fraction of sp³-hybridized carbons (Fsp3) is 0.280. The maximum Gasteiger partial charge on any atom is 0.261 e. The van der Waals surface area contributed by atoms with Crippen molar-refractivity contribution in [1.29, 1.82) is 0 Å². The number of fused-ring (bicyclic) bond motifs is 1. The van der Waals surface area contributed by atoms with Crippen molar-refractivity contribution < 1.29 is 14.3 Å². The molecule has 1 N–H and O–H groups in total. The van der Waals surface area contributed by atoms with Crippen LogP contribution < -0.4 is 10.1 Å². The zero-order valence-electron chi connectivity index (χ0n) is 17.8. The first-order chi connectivity index (χ1) is 15.0. The highest BCUT2D eigenvalue weighted by atomic mass is 35.5. The minimum Gasteiger partial charge on any atom is -0.483 e. The summed E-state index contributed by atoms with van der Waals surface area (Å²) in [5.74, 6) is 0.145. The number of rotatable bonds is 9. The first-order valence-corrected chi connectivity index (χ1v) is 10.8. The number of carbonyl (C=O) groups is 2. The highest BCUT2D eigenvalue weighted by molar-refractivity contribution is 6.31. The van der Waals surface area contributed by atoms with Crippen LogP contribution in [0.2, 0.25) is 5.02 Å². The van der Waals surface area contributed by atoms with Crippen molar-refractivity contribution in [2.75, 3.05) is 13.2 Å². The van der Waals surface area contributed by atoms with E-state index in [1.807, 2.05) is 67.6 Å². The summed E-state index contributed by atoms with van der Waals surface area (Å²) in [5, 5.41) is 5.38. The van der Waals surface area contributed by atoms with Crippen molar-refractivity contribution >= 4 is 34.2 Å². The Morgan fingerprint density at radius 3 is 2.52 bits per heavy atom. The summed E-state index contributed by atoms with van der Waals surface area (Å²) < 4.78 is 5.89. The summed E-state index contributed by atoms with van der Waals surface area (Å²) in [4.78, 5) is 27.3. The van der Waals surface area contributed by atoms with E-state index in [1.165, 1.54) is 4.90 Å². The van der Waals surface area contributed by atoms with Gasteiger partial charge in [0.2, 0.25) is 5.91 Å². The van der Waals surface area contributed by atoms with E-state index in [9.17, 15) is 9.59 Å². The SMILES string of the molecule is CCCNC(=O)[C@@H](C)N(Cc1ccccc1Cl)C(=O)COc1cccc2ccccc12. The topological polar surface area (TPSA) is 58.6 Å². The maximum atomic E-state index is 13.2. The molecule has 0 spiro atoms. The molecule has 6 heteroatoms. The Kier molecular flexibility index (Phi) is 7.90. The molecule has 162 valence electrons. The molecule has 2 amide bonds. The quantitative estimate of drug-likeness (QED) is 0.521. The van der Waals surface area contributed by atoms with Crippen LogP contribution in [-0.2, 0) is 16.1 Å². The molecule has 0 saturated heterocycles. The van der Waals surface area contributed by atoms with E-state index in [2.05, 4.69) is 5.32 Å². The molecule has 31 heavy (non-hydrogen) atoms. The minimum atomic E-state index is -0.661. The fourth-order valence-corrected chi connectivity index (χ4v) is 3.53. The third-order valence-electron chi connectivity index (χ3n) is 5.12. The Hall–Kier alpha value is -3.05. The van der Waals surface area contributed by atoms with Gasteiger partial charge in [-0.3, -0.25) is 9.59 Å². The van der Waals surface area contributed by atoms with Gasteiger partial charge in [-0.2, -0.15) is 0 Å². The number of hydrogen-bond acceptors (Lipinski definition) is 3. The Balaban J connectivity index is 1.79. The van der Waals surface area contributed by atoms with Crippen LogP contribution in [0.1, 0.15) is 25.8 Å². The summed E-state index contributed by atoms with van der Waals surface area (Å²) in [7, 11) is 0. The van der Waals surface area contributed by atoms with Gasteiger partial charge in [0.15, 0.2) is 6.61 Å². The summed E-state index contributed by atoms with van der Waals surface area (Å²) in [6, 6.07) is 20.2. The minimum absolute atomic E-state index is 0.177. The third kappa shape index (κ3) is 5.76. The molecule has 3 aromatic rings. The number of carbonyl (C=O) groups excluding carboxylic acids is 2. The lowest BCUT2D eigenvalue weighted by Gasteiger charge is -2.29. The van der Waals surface area contributed by atoms with E-state index in [0.29, 0.717) is 17.3 Å². The van der Waals surface area contributed by atoms with E-state index in [0.717, 1.165) is 22.8 Å². The van der Waals surface area contributed by atoms with Gasteiger partial charge < -0.3 is 15.0 Å². The molecule has 0 radical (unpaired) electrons. The molecule has 3 aromatic carbocycles. The summed E-state index contributed by atoms with van der Waals surface area (Å²) >= 11 is 6.31. The summed E-state index contributed by atoms with van der Waals surface area (Å²) in [5.41, 5.74) is 0.776. The standard InChI is InChI=1S/C25H27ClN2O3/c1-3-15-27-25(30)18(2)28(16-20-10-5-7-13-22(20)26)24(29)17-31-23-14-8-11-19-9-4-6-12-21(19)23/h4-14,18H,3,15-17H2,1-2H3,(H,27,30)/t18-/m1/s1.